The number of ether oxygens (including phenoxy) is 1. The lowest BCUT2D eigenvalue weighted by Gasteiger charge is -2.21. The van der Waals surface area contributed by atoms with Crippen LogP contribution in [0.1, 0.15) is 29.3 Å². The number of methoxy groups -OCH3 is 1. The van der Waals surface area contributed by atoms with E-state index in [0.29, 0.717) is 42.0 Å². The van der Waals surface area contributed by atoms with Crippen LogP contribution >= 0.6 is 0 Å². The number of fused-ring (bicyclic) bond motifs is 1. The minimum Gasteiger partial charge on any atom is -0.494 e. The van der Waals surface area contributed by atoms with Gasteiger partial charge in [0.2, 0.25) is 0 Å². The summed E-state index contributed by atoms with van der Waals surface area (Å²) in [6, 6.07) is 11.9. The molecule has 2 aromatic heterocycles. The molecule has 0 radical (unpaired) electrons. The molecule has 6 nitrogen and oxygen atoms in total. The summed E-state index contributed by atoms with van der Waals surface area (Å²) in [7, 11) is 1.45. The van der Waals surface area contributed by atoms with Crippen molar-refractivity contribution in [2.45, 2.75) is 32.1 Å². The van der Waals surface area contributed by atoms with Crippen LogP contribution in [0, 0.1) is 12.7 Å². The van der Waals surface area contributed by atoms with Gasteiger partial charge in [-0.05, 0) is 49.2 Å². The minimum absolute atomic E-state index is 0.257. The Hall–Kier alpha value is -3.82. The second-order valence-electron chi connectivity index (χ2n) is 8.86. The summed E-state index contributed by atoms with van der Waals surface area (Å²) in [6.07, 6.45) is -2.77. The summed E-state index contributed by atoms with van der Waals surface area (Å²) in [4.78, 5) is 19.6. The summed E-state index contributed by atoms with van der Waals surface area (Å²) in [5, 5.41) is 0. The van der Waals surface area contributed by atoms with Gasteiger partial charge in [0.15, 0.2) is 0 Å². The van der Waals surface area contributed by atoms with E-state index < -0.39 is 17.4 Å². The van der Waals surface area contributed by atoms with Gasteiger partial charge in [-0.3, -0.25) is 14.1 Å². The lowest BCUT2D eigenvalue weighted by atomic mass is 10.2. The summed E-state index contributed by atoms with van der Waals surface area (Å²) in [5.74, 6) is 0.0366. The van der Waals surface area contributed by atoms with Gasteiger partial charge in [0, 0.05) is 19.3 Å². The maximum absolute atomic E-state index is 14.6. The van der Waals surface area contributed by atoms with Crippen molar-refractivity contribution in [3.05, 3.63) is 87.9 Å². The van der Waals surface area contributed by atoms with Crippen LogP contribution in [0.2, 0.25) is 0 Å². The van der Waals surface area contributed by atoms with E-state index in [0.717, 1.165) is 11.6 Å². The number of aryl methyl sites for hydroxylation is 1. The Balaban J connectivity index is 1.61. The highest BCUT2D eigenvalue weighted by molar-refractivity contribution is 5.83. The Morgan fingerprint density at radius 1 is 1.11 bits per heavy atom. The Morgan fingerprint density at radius 3 is 2.61 bits per heavy atom. The van der Waals surface area contributed by atoms with Crippen LogP contribution in [0.3, 0.4) is 0 Å². The van der Waals surface area contributed by atoms with E-state index in [-0.39, 0.29) is 24.1 Å². The molecule has 5 rings (SSSR count). The largest absolute Gasteiger partial charge is 0.494 e. The molecule has 1 aliphatic rings. The van der Waals surface area contributed by atoms with E-state index in [1.165, 1.54) is 30.0 Å². The number of anilines is 1. The number of benzene rings is 2. The fourth-order valence-electron chi connectivity index (χ4n) is 5.12. The molecule has 188 valence electrons. The molecule has 0 N–H and O–H groups in total. The Kier molecular flexibility index (Phi) is 5.97. The van der Waals surface area contributed by atoms with Crippen LogP contribution in [0.4, 0.5) is 23.2 Å². The zero-order valence-corrected chi connectivity index (χ0v) is 19.7. The van der Waals surface area contributed by atoms with Gasteiger partial charge in [0.1, 0.15) is 17.1 Å². The van der Waals surface area contributed by atoms with Crippen molar-refractivity contribution in [2.75, 3.05) is 25.1 Å². The van der Waals surface area contributed by atoms with Crippen LogP contribution in [-0.2, 0) is 12.7 Å². The maximum Gasteiger partial charge on any atom is 0.418 e. The number of nitrogens with zero attached hydrogens (tertiary/aromatic N) is 4. The summed E-state index contributed by atoms with van der Waals surface area (Å²) >= 11 is 0. The second-order valence-corrected chi connectivity index (χ2v) is 8.86. The molecule has 0 amide bonds. The average Bonchev–Trinajstić information content (AvgIpc) is 3.41. The van der Waals surface area contributed by atoms with Crippen molar-refractivity contribution < 1.29 is 22.3 Å². The lowest BCUT2D eigenvalue weighted by molar-refractivity contribution is -0.138. The summed E-state index contributed by atoms with van der Waals surface area (Å²) in [5.41, 5.74) is 0.608. The first-order chi connectivity index (χ1) is 17.2. The van der Waals surface area contributed by atoms with E-state index in [1.54, 1.807) is 28.8 Å². The van der Waals surface area contributed by atoms with Crippen molar-refractivity contribution >= 4 is 16.7 Å². The zero-order chi connectivity index (χ0) is 25.6. The first-order valence-electron chi connectivity index (χ1n) is 11.5. The molecule has 1 atom stereocenters. The number of rotatable bonds is 5. The molecule has 36 heavy (non-hydrogen) atoms. The van der Waals surface area contributed by atoms with Crippen LogP contribution in [0.5, 0.6) is 5.75 Å². The third kappa shape index (κ3) is 4.00. The Morgan fingerprint density at radius 2 is 1.89 bits per heavy atom. The zero-order valence-electron chi connectivity index (χ0n) is 19.7. The number of hydrogen-bond donors (Lipinski definition) is 0. The van der Waals surface area contributed by atoms with Crippen LogP contribution in [0.25, 0.3) is 11.0 Å². The first-order valence-corrected chi connectivity index (χ1v) is 11.5. The number of aromatic nitrogens is 3. The number of halogens is 4. The highest BCUT2D eigenvalue weighted by Crippen LogP contribution is 2.35. The highest BCUT2D eigenvalue weighted by Gasteiger charge is 2.35. The molecular weight excluding hydrogens is 476 g/mol. The van der Waals surface area contributed by atoms with Gasteiger partial charge in [0.25, 0.3) is 0 Å². The van der Waals surface area contributed by atoms with Gasteiger partial charge in [-0.1, -0.05) is 18.2 Å². The van der Waals surface area contributed by atoms with Gasteiger partial charge in [-0.15, -0.1) is 0 Å². The summed E-state index contributed by atoms with van der Waals surface area (Å²) in [6.45, 7) is 2.38. The molecular formula is C26H24F4N4O2. The molecule has 0 spiro atoms. The Labute approximate surface area is 204 Å². The molecule has 2 aromatic carbocycles. The van der Waals surface area contributed by atoms with Crippen molar-refractivity contribution in [3.8, 4) is 5.75 Å². The first kappa shape index (κ1) is 23.9. The SMILES string of the molecule is COc1cccc2c1n(Cc1ncccc1C(F)(F)F)c(=O)n2[C@@H]1CCN(c2c(C)cccc2F)C1. The molecule has 4 aromatic rings. The van der Waals surface area contributed by atoms with Crippen molar-refractivity contribution in [2.24, 2.45) is 0 Å². The maximum atomic E-state index is 14.6. The van der Waals surface area contributed by atoms with E-state index in [1.807, 2.05) is 17.9 Å². The number of alkyl halides is 3. The summed E-state index contributed by atoms with van der Waals surface area (Å²) < 4.78 is 63.9. The third-order valence-electron chi connectivity index (χ3n) is 6.70. The molecule has 1 saturated heterocycles. The monoisotopic (exact) mass is 500 g/mol. The fourth-order valence-corrected chi connectivity index (χ4v) is 5.12. The van der Waals surface area contributed by atoms with Crippen LogP contribution < -0.4 is 15.3 Å². The molecule has 0 saturated carbocycles. The quantitative estimate of drug-likeness (QED) is 0.355. The minimum atomic E-state index is -4.61. The van der Waals surface area contributed by atoms with Crippen molar-refractivity contribution in [1.82, 2.24) is 14.1 Å². The Bertz CT molecular complexity index is 1470. The third-order valence-corrected chi connectivity index (χ3v) is 6.70. The average molecular weight is 500 g/mol. The standard InChI is InChI=1S/C26H24F4N4O2/c1-16-6-3-8-19(27)23(16)32-13-11-17(14-32)34-21-9-4-10-22(36-2)24(21)33(25(34)35)15-20-18(26(28,29)30)7-5-12-31-20/h3-10,12,17H,11,13-15H2,1-2H3/t17-/m1/s1. The van der Waals surface area contributed by atoms with E-state index in [2.05, 4.69) is 4.98 Å². The molecule has 0 aliphatic carbocycles. The van der Waals surface area contributed by atoms with E-state index in [4.69, 9.17) is 4.74 Å². The topological polar surface area (TPSA) is 52.3 Å². The van der Waals surface area contributed by atoms with Crippen LogP contribution in [0.15, 0.2) is 59.5 Å². The predicted octanol–water partition coefficient (Wildman–Crippen LogP) is 5.17. The molecule has 1 aliphatic heterocycles. The number of hydrogen-bond acceptors (Lipinski definition) is 4. The molecule has 0 unspecified atom stereocenters. The van der Waals surface area contributed by atoms with Crippen LogP contribution in [-0.4, -0.2) is 34.3 Å². The smallest absolute Gasteiger partial charge is 0.418 e. The second kappa shape index (κ2) is 9.00. The number of imidazole rings is 1. The number of para-hydroxylation sites is 2. The highest BCUT2D eigenvalue weighted by atomic mass is 19.4. The van der Waals surface area contributed by atoms with E-state index in [9.17, 15) is 22.4 Å². The lowest BCUT2D eigenvalue weighted by Crippen LogP contribution is -2.30. The molecule has 0 bridgehead atoms. The van der Waals surface area contributed by atoms with Gasteiger partial charge < -0.3 is 9.64 Å². The molecule has 1 fully saturated rings. The van der Waals surface area contributed by atoms with Gasteiger partial charge >= 0.3 is 11.9 Å². The van der Waals surface area contributed by atoms with Gasteiger partial charge in [-0.25, -0.2) is 9.18 Å². The molecule has 3 heterocycles. The normalized spacial score (nSPS) is 16.2. The molecule has 10 heteroatoms. The van der Waals surface area contributed by atoms with Crippen molar-refractivity contribution in [1.29, 1.82) is 0 Å². The fraction of sp³-hybridized carbons (Fsp3) is 0.308. The number of pyridine rings is 1. The van der Waals surface area contributed by atoms with Gasteiger partial charge in [0.05, 0.1) is 42.2 Å². The van der Waals surface area contributed by atoms with Gasteiger partial charge in [-0.2, -0.15) is 13.2 Å². The van der Waals surface area contributed by atoms with Crippen molar-refractivity contribution in [3.63, 3.8) is 0 Å². The van der Waals surface area contributed by atoms with E-state index >= 15 is 0 Å². The predicted molar refractivity (Wildman–Crippen MR) is 128 cm³/mol.